The van der Waals surface area contributed by atoms with Crippen molar-refractivity contribution in [3.05, 3.63) is 0 Å². The molecule has 0 aromatic carbocycles. The highest BCUT2D eigenvalue weighted by atomic mass is 32.2. The van der Waals surface area contributed by atoms with Crippen molar-refractivity contribution in [3.63, 3.8) is 0 Å². The highest BCUT2D eigenvalue weighted by molar-refractivity contribution is 7.90. The number of nitrogens with one attached hydrogen (secondary N) is 1. The van der Waals surface area contributed by atoms with Gasteiger partial charge in [0, 0.05) is 38.5 Å². The SMILES string of the molecule is CC(C)(C)C1CNCCN1CCS(C)(=O)=O. The van der Waals surface area contributed by atoms with Crippen LogP contribution in [0, 0.1) is 5.41 Å². The molecule has 5 heteroatoms. The van der Waals surface area contributed by atoms with Gasteiger partial charge in [0.25, 0.3) is 0 Å². The molecule has 0 aromatic rings. The first-order valence-corrected chi connectivity index (χ1v) is 7.89. The Hall–Kier alpha value is -0.130. The van der Waals surface area contributed by atoms with E-state index < -0.39 is 9.84 Å². The fourth-order valence-corrected chi connectivity index (χ4v) is 2.72. The maximum Gasteiger partial charge on any atom is 0.148 e. The highest BCUT2D eigenvalue weighted by Gasteiger charge is 2.32. The Bertz CT molecular complexity index is 319. The first-order valence-electron chi connectivity index (χ1n) is 5.82. The van der Waals surface area contributed by atoms with E-state index in [0.29, 0.717) is 12.6 Å². The predicted molar refractivity (Wildman–Crippen MR) is 67.4 cm³/mol. The number of sulfone groups is 1. The van der Waals surface area contributed by atoms with E-state index >= 15 is 0 Å². The zero-order valence-electron chi connectivity index (χ0n) is 10.8. The Balaban J connectivity index is 2.61. The van der Waals surface area contributed by atoms with Gasteiger partial charge in [0.15, 0.2) is 0 Å². The maximum atomic E-state index is 11.2. The summed E-state index contributed by atoms with van der Waals surface area (Å²) in [5, 5.41) is 3.38. The van der Waals surface area contributed by atoms with Crippen molar-refractivity contribution in [1.82, 2.24) is 10.2 Å². The molecule has 4 nitrogen and oxygen atoms in total. The number of hydrogen-bond acceptors (Lipinski definition) is 4. The molecule has 1 N–H and O–H groups in total. The van der Waals surface area contributed by atoms with Crippen molar-refractivity contribution in [2.24, 2.45) is 5.41 Å². The fourth-order valence-electron chi connectivity index (χ4n) is 2.15. The summed E-state index contributed by atoms with van der Waals surface area (Å²) in [6.07, 6.45) is 1.31. The average Bonchev–Trinajstić information content (AvgIpc) is 2.12. The first kappa shape index (κ1) is 13.9. The van der Waals surface area contributed by atoms with Gasteiger partial charge in [0.05, 0.1) is 5.75 Å². The Morgan fingerprint density at radius 1 is 1.38 bits per heavy atom. The molecule has 1 rings (SSSR count). The van der Waals surface area contributed by atoms with E-state index in [1.165, 1.54) is 6.26 Å². The van der Waals surface area contributed by atoms with E-state index in [0.717, 1.165) is 19.6 Å². The Labute approximate surface area is 99.3 Å². The second kappa shape index (κ2) is 5.02. The summed E-state index contributed by atoms with van der Waals surface area (Å²) in [5.41, 5.74) is 0.185. The molecule has 0 bridgehead atoms. The number of piperazine rings is 1. The van der Waals surface area contributed by atoms with Crippen LogP contribution in [0.15, 0.2) is 0 Å². The van der Waals surface area contributed by atoms with Gasteiger partial charge in [0.1, 0.15) is 9.84 Å². The van der Waals surface area contributed by atoms with Gasteiger partial charge < -0.3 is 5.32 Å². The van der Waals surface area contributed by atoms with Crippen LogP contribution < -0.4 is 5.32 Å². The lowest BCUT2D eigenvalue weighted by molar-refractivity contribution is 0.0813. The molecule has 1 unspecified atom stereocenters. The van der Waals surface area contributed by atoms with Gasteiger partial charge in [-0.1, -0.05) is 20.8 Å². The summed E-state index contributed by atoms with van der Waals surface area (Å²) in [5.74, 6) is 0.263. The molecule has 1 fully saturated rings. The van der Waals surface area contributed by atoms with Crippen LogP contribution in [0.3, 0.4) is 0 Å². The molecular formula is C11H24N2O2S. The minimum absolute atomic E-state index is 0.185. The molecule has 1 saturated heterocycles. The largest absolute Gasteiger partial charge is 0.314 e. The van der Waals surface area contributed by atoms with E-state index in [9.17, 15) is 8.42 Å². The van der Waals surface area contributed by atoms with Crippen LogP contribution in [0.1, 0.15) is 20.8 Å². The predicted octanol–water partition coefficient (Wildman–Crippen LogP) is 0.351. The number of nitrogens with zero attached hydrogens (tertiary/aromatic N) is 1. The van der Waals surface area contributed by atoms with Crippen molar-refractivity contribution in [2.75, 3.05) is 38.2 Å². The summed E-state index contributed by atoms with van der Waals surface area (Å²) >= 11 is 0. The fraction of sp³-hybridized carbons (Fsp3) is 1.00. The molecule has 1 atom stereocenters. The number of rotatable bonds is 3. The Kier molecular flexibility index (Phi) is 4.37. The highest BCUT2D eigenvalue weighted by Crippen LogP contribution is 2.25. The summed E-state index contributed by atoms with van der Waals surface area (Å²) in [6.45, 7) is 10.1. The normalized spacial score (nSPS) is 24.6. The summed E-state index contributed by atoms with van der Waals surface area (Å²) in [6, 6.07) is 0.419. The minimum atomic E-state index is -2.85. The van der Waals surface area contributed by atoms with Gasteiger partial charge in [0.2, 0.25) is 0 Å². The zero-order valence-corrected chi connectivity index (χ0v) is 11.6. The van der Waals surface area contributed by atoms with Gasteiger partial charge in [-0.2, -0.15) is 0 Å². The first-order chi connectivity index (χ1) is 7.20. The van der Waals surface area contributed by atoms with Crippen LogP contribution in [-0.4, -0.2) is 57.5 Å². The van der Waals surface area contributed by atoms with Crippen LogP contribution in [-0.2, 0) is 9.84 Å². The topological polar surface area (TPSA) is 49.4 Å². The van der Waals surface area contributed by atoms with Crippen LogP contribution in [0.25, 0.3) is 0 Å². The van der Waals surface area contributed by atoms with Gasteiger partial charge >= 0.3 is 0 Å². The van der Waals surface area contributed by atoms with Crippen molar-refractivity contribution in [3.8, 4) is 0 Å². The van der Waals surface area contributed by atoms with E-state index in [-0.39, 0.29) is 11.2 Å². The monoisotopic (exact) mass is 248 g/mol. The smallest absolute Gasteiger partial charge is 0.148 e. The lowest BCUT2D eigenvalue weighted by Crippen LogP contribution is -2.57. The molecule has 1 aliphatic heterocycles. The lowest BCUT2D eigenvalue weighted by atomic mass is 9.84. The van der Waals surface area contributed by atoms with Crippen molar-refractivity contribution in [1.29, 1.82) is 0 Å². The van der Waals surface area contributed by atoms with Gasteiger partial charge in [-0.05, 0) is 5.41 Å². The molecule has 96 valence electrons. The molecular weight excluding hydrogens is 224 g/mol. The maximum absolute atomic E-state index is 11.2. The number of hydrogen-bond donors (Lipinski definition) is 1. The van der Waals surface area contributed by atoms with E-state index in [1.54, 1.807) is 0 Å². The molecule has 0 radical (unpaired) electrons. The summed E-state index contributed by atoms with van der Waals surface area (Å²) in [4.78, 5) is 2.30. The molecule has 1 aliphatic rings. The minimum Gasteiger partial charge on any atom is -0.314 e. The van der Waals surface area contributed by atoms with Crippen molar-refractivity contribution < 1.29 is 8.42 Å². The van der Waals surface area contributed by atoms with Crippen LogP contribution >= 0.6 is 0 Å². The van der Waals surface area contributed by atoms with Crippen molar-refractivity contribution in [2.45, 2.75) is 26.8 Å². The third-order valence-electron chi connectivity index (χ3n) is 3.10. The standard InChI is InChI=1S/C11H24N2O2S/c1-11(2,3)10-9-12-5-6-13(10)7-8-16(4,14)15/h10,12H,5-9H2,1-4H3. The summed E-state index contributed by atoms with van der Waals surface area (Å²) < 4.78 is 22.4. The van der Waals surface area contributed by atoms with E-state index in [4.69, 9.17) is 0 Å². The lowest BCUT2D eigenvalue weighted by Gasteiger charge is -2.43. The molecule has 0 aromatic heterocycles. The second-order valence-corrected chi connectivity index (χ2v) is 8.01. The molecule has 0 aliphatic carbocycles. The van der Waals surface area contributed by atoms with E-state index in [1.807, 2.05) is 0 Å². The second-order valence-electron chi connectivity index (χ2n) is 5.75. The van der Waals surface area contributed by atoms with E-state index in [2.05, 4.69) is 31.0 Å². The summed E-state index contributed by atoms with van der Waals surface area (Å²) in [7, 11) is -2.85. The van der Waals surface area contributed by atoms with Crippen LogP contribution in [0.5, 0.6) is 0 Å². The Morgan fingerprint density at radius 3 is 2.50 bits per heavy atom. The average molecular weight is 248 g/mol. The third kappa shape index (κ3) is 4.39. The molecule has 16 heavy (non-hydrogen) atoms. The third-order valence-corrected chi connectivity index (χ3v) is 4.03. The Morgan fingerprint density at radius 2 is 2.00 bits per heavy atom. The van der Waals surface area contributed by atoms with Crippen LogP contribution in [0.4, 0.5) is 0 Å². The zero-order chi connectivity index (χ0) is 12.4. The van der Waals surface area contributed by atoms with Crippen LogP contribution in [0.2, 0.25) is 0 Å². The molecule has 0 spiro atoms. The van der Waals surface area contributed by atoms with Gasteiger partial charge in [-0.15, -0.1) is 0 Å². The van der Waals surface area contributed by atoms with Gasteiger partial charge in [-0.25, -0.2) is 8.42 Å². The van der Waals surface area contributed by atoms with Gasteiger partial charge in [-0.3, -0.25) is 4.90 Å². The molecule has 1 heterocycles. The molecule has 0 amide bonds. The quantitative estimate of drug-likeness (QED) is 0.783. The molecule has 0 saturated carbocycles. The van der Waals surface area contributed by atoms with Crippen molar-refractivity contribution >= 4 is 9.84 Å².